The average molecular weight is 372 g/mol. The maximum Gasteiger partial charge on any atom is 0.133 e. The molecule has 4 nitrogen and oxygen atoms in total. The number of aromatic nitrogens is 1. The minimum atomic E-state index is 0.124. The summed E-state index contributed by atoms with van der Waals surface area (Å²) >= 11 is 3.49. The molecule has 2 aromatic carbocycles. The van der Waals surface area contributed by atoms with Crippen LogP contribution in [0.4, 0.5) is 11.4 Å². The van der Waals surface area contributed by atoms with E-state index in [1.807, 2.05) is 30.3 Å². The number of nitrogens with one attached hydrogen (secondary N) is 1. The fourth-order valence-corrected chi connectivity index (χ4v) is 3.06. The lowest BCUT2D eigenvalue weighted by molar-refractivity contribution is 0.413. The molecule has 5 heteroatoms. The molecule has 3 N–H and O–H groups in total. The third-order valence-electron chi connectivity index (χ3n) is 3.83. The summed E-state index contributed by atoms with van der Waals surface area (Å²) in [4.78, 5) is 4.41. The zero-order valence-corrected chi connectivity index (χ0v) is 14.6. The van der Waals surface area contributed by atoms with Crippen LogP contribution in [-0.2, 0) is 0 Å². The van der Waals surface area contributed by atoms with Gasteiger partial charge in [-0.15, -0.1) is 0 Å². The minimum absolute atomic E-state index is 0.124. The second-order valence-corrected chi connectivity index (χ2v) is 6.22. The zero-order valence-electron chi connectivity index (χ0n) is 13.0. The van der Waals surface area contributed by atoms with Crippen LogP contribution in [0, 0.1) is 0 Å². The summed E-state index contributed by atoms with van der Waals surface area (Å²) in [5, 5.41) is 4.44. The van der Waals surface area contributed by atoms with Gasteiger partial charge >= 0.3 is 0 Å². The molecule has 0 spiro atoms. The third kappa shape index (κ3) is 3.10. The maximum absolute atomic E-state index is 6.17. The van der Waals surface area contributed by atoms with Crippen LogP contribution in [0.2, 0.25) is 0 Å². The number of pyridine rings is 1. The first-order valence-corrected chi connectivity index (χ1v) is 8.12. The number of methoxy groups -OCH3 is 1. The van der Waals surface area contributed by atoms with E-state index in [-0.39, 0.29) is 6.04 Å². The van der Waals surface area contributed by atoms with Gasteiger partial charge in [-0.1, -0.05) is 30.3 Å². The molecular weight excluding hydrogens is 354 g/mol. The van der Waals surface area contributed by atoms with Crippen LogP contribution in [0.3, 0.4) is 0 Å². The van der Waals surface area contributed by atoms with Crippen molar-refractivity contribution in [3.63, 3.8) is 0 Å². The van der Waals surface area contributed by atoms with Crippen molar-refractivity contribution in [1.82, 2.24) is 4.98 Å². The van der Waals surface area contributed by atoms with E-state index in [0.29, 0.717) is 5.69 Å². The number of hydrogen-bond donors (Lipinski definition) is 2. The molecule has 1 heterocycles. The summed E-state index contributed by atoms with van der Waals surface area (Å²) in [6, 6.07) is 14.3. The Labute approximate surface area is 143 Å². The van der Waals surface area contributed by atoms with Crippen molar-refractivity contribution in [1.29, 1.82) is 0 Å². The second-order valence-electron chi connectivity index (χ2n) is 5.37. The Morgan fingerprint density at radius 1 is 1.22 bits per heavy atom. The van der Waals surface area contributed by atoms with Gasteiger partial charge < -0.3 is 15.8 Å². The molecule has 0 fully saturated rings. The number of ether oxygens (including phenoxy) is 1. The first-order valence-electron chi connectivity index (χ1n) is 7.33. The highest BCUT2D eigenvalue weighted by Crippen LogP contribution is 2.36. The van der Waals surface area contributed by atoms with Gasteiger partial charge in [-0.3, -0.25) is 4.98 Å². The lowest BCUT2D eigenvalue weighted by Gasteiger charge is -2.19. The highest BCUT2D eigenvalue weighted by atomic mass is 79.9. The highest BCUT2D eigenvalue weighted by molar-refractivity contribution is 9.10. The van der Waals surface area contributed by atoms with Crippen molar-refractivity contribution in [2.24, 2.45) is 0 Å². The second kappa shape index (κ2) is 6.46. The van der Waals surface area contributed by atoms with Gasteiger partial charge in [0, 0.05) is 11.4 Å². The van der Waals surface area contributed by atoms with E-state index in [1.54, 1.807) is 13.3 Å². The lowest BCUT2D eigenvalue weighted by atomic mass is 10.1. The Balaban J connectivity index is 2.07. The zero-order chi connectivity index (χ0) is 16.4. The summed E-state index contributed by atoms with van der Waals surface area (Å²) in [5.74, 6) is 0.750. The summed E-state index contributed by atoms with van der Waals surface area (Å²) in [7, 11) is 1.64. The molecule has 3 aromatic rings. The Kier molecular flexibility index (Phi) is 4.39. The SMILES string of the molecule is COc1cc2c(NC(C)c3ccccc3)c(N)cnc2cc1Br. The molecule has 0 aliphatic carbocycles. The predicted molar refractivity (Wildman–Crippen MR) is 98.9 cm³/mol. The number of anilines is 2. The number of rotatable bonds is 4. The van der Waals surface area contributed by atoms with E-state index in [1.165, 1.54) is 5.56 Å². The van der Waals surface area contributed by atoms with Crippen LogP contribution in [0.1, 0.15) is 18.5 Å². The van der Waals surface area contributed by atoms with E-state index >= 15 is 0 Å². The molecule has 1 aromatic heterocycles. The molecule has 1 atom stereocenters. The van der Waals surface area contributed by atoms with Crippen LogP contribution < -0.4 is 15.8 Å². The van der Waals surface area contributed by atoms with E-state index in [0.717, 1.165) is 26.8 Å². The van der Waals surface area contributed by atoms with Gasteiger partial charge in [0.2, 0.25) is 0 Å². The van der Waals surface area contributed by atoms with E-state index < -0.39 is 0 Å². The van der Waals surface area contributed by atoms with E-state index in [2.05, 4.69) is 45.3 Å². The molecule has 0 radical (unpaired) electrons. The topological polar surface area (TPSA) is 60.2 Å². The molecule has 23 heavy (non-hydrogen) atoms. The van der Waals surface area contributed by atoms with Gasteiger partial charge in [0.25, 0.3) is 0 Å². The number of hydrogen-bond acceptors (Lipinski definition) is 4. The molecule has 3 rings (SSSR count). The van der Waals surface area contributed by atoms with E-state index in [4.69, 9.17) is 10.5 Å². The lowest BCUT2D eigenvalue weighted by Crippen LogP contribution is -2.09. The molecule has 1 unspecified atom stereocenters. The standard InChI is InChI=1S/C18H18BrN3O/c1-11(12-6-4-3-5-7-12)22-18-13-8-17(23-2)14(19)9-16(13)21-10-15(18)20/h3-11H,20H2,1-2H3,(H,21,22). The van der Waals surface area contributed by atoms with Crippen LogP contribution in [-0.4, -0.2) is 12.1 Å². The van der Waals surface area contributed by atoms with Crippen molar-refractivity contribution in [2.75, 3.05) is 18.2 Å². The van der Waals surface area contributed by atoms with Gasteiger partial charge in [0.05, 0.1) is 34.7 Å². The van der Waals surface area contributed by atoms with Gasteiger partial charge in [-0.2, -0.15) is 0 Å². The van der Waals surface area contributed by atoms with Crippen LogP contribution >= 0.6 is 15.9 Å². The van der Waals surface area contributed by atoms with Crippen molar-refractivity contribution in [3.8, 4) is 5.75 Å². The number of nitrogens with zero attached hydrogens (tertiary/aromatic N) is 1. The quantitative estimate of drug-likeness (QED) is 0.693. The summed E-state index contributed by atoms with van der Waals surface area (Å²) < 4.78 is 6.26. The maximum atomic E-state index is 6.17. The van der Waals surface area contributed by atoms with Crippen LogP contribution in [0.5, 0.6) is 5.75 Å². The van der Waals surface area contributed by atoms with Crippen molar-refractivity contribution < 1.29 is 4.74 Å². The minimum Gasteiger partial charge on any atom is -0.496 e. The number of nitrogen functional groups attached to an aromatic ring is 1. The molecule has 0 aliphatic rings. The van der Waals surface area contributed by atoms with Crippen LogP contribution in [0.25, 0.3) is 10.9 Å². The molecule has 0 amide bonds. The monoisotopic (exact) mass is 371 g/mol. The largest absolute Gasteiger partial charge is 0.496 e. The Hall–Kier alpha value is -2.27. The smallest absolute Gasteiger partial charge is 0.133 e. The molecule has 0 saturated carbocycles. The predicted octanol–water partition coefficient (Wildman–Crippen LogP) is 4.76. The van der Waals surface area contributed by atoms with Gasteiger partial charge in [0.1, 0.15) is 5.75 Å². The molecular formula is C18H18BrN3O. The van der Waals surface area contributed by atoms with Gasteiger partial charge in [0.15, 0.2) is 0 Å². The van der Waals surface area contributed by atoms with Gasteiger partial charge in [-0.05, 0) is 40.5 Å². The molecule has 118 valence electrons. The first-order chi connectivity index (χ1) is 11.1. The number of fused-ring (bicyclic) bond motifs is 1. The number of benzene rings is 2. The normalized spacial score (nSPS) is 12.1. The van der Waals surface area contributed by atoms with Crippen molar-refractivity contribution in [3.05, 3.63) is 58.7 Å². The first kappa shape index (κ1) is 15.6. The van der Waals surface area contributed by atoms with Crippen molar-refractivity contribution in [2.45, 2.75) is 13.0 Å². The fraction of sp³-hybridized carbons (Fsp3) is 0.167. The molecule has 0 aliphatic heterocycles. The van der Waals surface area contributed by atoms with E-state index in [9.17, 15) is 0 Å². The summed E-state index contributed by atoms with van der Waals surface area (Å²) in [6.45, 7) is 2.11. The average Bonchev–Trinajstić information content (AvgIpc) is 2.57. The Bertz CT molecular complexity index is 837. The number of nitrogens with two attached hydrogens (primary N) is 1. The number of halogens is 1. The van der Waals surface area contributed by atoms with Crippen molar-refractivity contribution >= 4 is 38.2 Å². The van der Waals surface area contributed by atoms with Crippen LogP contribution in [0.15, 0.2) is 53.1 Å². The third-order valence-corrected chi connectivity index (χ3v) is 4.45. The molecule has 0 bridgehead atoms. The highest BCUT2D eigenvalue weighted by Gasteiger charge is 2.13. The molecule has 0 saturated heterocycles. The Morgan fingerprint density at radius 2 is 1.96 bits per heavy atom. The fourth-order valence-electron chi connectivity index (χ4n) is 2.57. The summed E-state index contributed by atoms with van der Waals surface area (Å²) in [5.41, 5.74) is 9.70. The summed E-state index contributed by atoms with van der Waals surface area (Å²) in [6.07, 6.45) is 1.68. The Morgan fingerprint density at radius 3 is 2.65 bits per heavy atom. The van der Waals surface area contributed by atoms with Gasteiger partial charge in [-0.25, -0.2) is 0 Å².